The van der Waals surface area contributed by atoms with E-state index in [2.05, 4.69) is 48.5 Å². The van der Waals surface area contributed by atoms with Gasteiger partial charge in [0.25, 0.3) is 5.91 Å². The van der Waals surface area contributed by atoms with Crippen LogP contribution in [0.25, 0.3) is 5.69 Å². The van der Waals surface area contributed by atoms with Crippen LogP contribution in [0.1, 0.15) is 16.1 Å². The van der Waals surface area contributed by atoms with Crippen LogP contribution in [0.4, 0.5) is 11.5 Å². The molecule has 0 radical (unpaired) electrons. The number of carbonyl (C=O) groups is 1. The minimum Gasteiger partial charge on any atom is -0.345 e. The van der Waals surface area contributed by atoms with E-state index < -0.39 is 0 Å². The number of fused-ring (bicyclic) bond motifs is 1. The summed E-state index contributed by atoms with van der Waals surface area (Å²) in [6, 6.07) is 15.3. The van der Waals surface area contributed by atoms with Gasteiger partial charge >= 0.3 is 0 Å². The lowest BCUT2D eigenvalue weighted by molar-refractivity contribution is 0.0827. The Morgan fingerprint density at radius 3 is 2.71 bits per heavy atom. The number of benzene rings is 2. The normalized spacial score (nSPS) is 12.6. The quantitative estimate of drug-likeness (QED) is 0.555. The van der Waals surface area contributed by atoms with Crippen LogP contribution in [0.5, 0.6) is 0 Å². The van der Waals surface area contributed by atoms with E-state index in [0.29, 0.717) is 18.1 Å². The number of guanidine groups is 1. The van der Waals surface area contributed by atoms with E-state index in [0.717, 1.165) is 26.5 Å². The predicted molar refractivity (Wildman–Crippen MR) is 117 cm³/mol. The number of hydrogen-bond donors (Lipinski definition) is 2. The summed E-state index contributed by atoms with van der Waals surface area (Å²) in [4.78, 5) is 18.0. The third-order valence-electron chi connectivity index (χ3n) is 4.22. The molecule has 0 spiro atoms. The number of rotatable bonds is 3. The van der Waals surface area contributed by atoms with E-state index in [1.807, 2.05) is 36.4 Å². The zero-order chi connectivity index (χ0) is 19.7. The molecule has 2 aromatic carbocycles. The van der Waals surface area contributed by atoms with Gasteiger partial charge in [-0.05, 0) is 65.1 Å². The van der Waals surface area contributed by atoms with Gasteiger partial charge < -0.3 is 15.5 Å². The average Bonchev–Trinajstić information content (AvgIpc) is 3.11. The number of aromatic nitrogens is 3. The van der Waals surface area contributed by atoms with Gasteiger partial charge in [-0.1, -0.05) is 11.3 Å². The molecule has 0 saturated heterocycles. The Bertz CT molecular complexity index is 1060. The van der Waals surface area contributed by atoms with Crippen molar-refractivity contribution in [3.8, 4) is 5.69 Å². The highest BCUT2D eigenvalue weighted by Gasteiger charge is 2.20. The van der Waals surface area contributed by atoms with Gasteiger partial charge in [0.05, 0.1) is 12.2 Å². The SMILES string of the molecule is CN(C)C(=O)c1ccc(NC2=NCc3nnn(-c4cccc(I)c4)c3N2)cc1. The topological polar surface area (TPSA) is 87.4 Å². The molecular formula is C19H18IN7O. The molecule has 0 aliphatic carbocycles. The molecule has 0 bridgehead atoms. The summed E-state index contributed by atoms with van der Waals surface area (Å²) in [5.41, 5.74) is 3.19. The van der Waals surface area contributed by atoms with Crippen LogP contribution in [0.15, 0.2) is 53.5 Å². The highest BCUT2D eigenvalue weighted by Crippen LogP contribution is 2.23. The van der Waals surface area contributed by atoms with Gasteiger partial charge in [0, 0.05) is 28.9 Å². The second kappa shape index (κ2) is 7.58. The van der Waals surface area contributed by atoms with E-state index in [9.17, 15) is 4.79 Å². The number of carbonyl (C=O) groups excluding carboxylic acids is 1. The van der Waals surface area contributed by atoms with Crippen molar-refractivity contribution in [2.24, 2.45) is 4.99 Å². The Kier molecular flexibility index (Phi) is 4.99. The van der Waals surface area contributed by atoms with E-state index >= 15 is 0 Å². The Labute approximate surface area is 175 Å². The second-order valence-corrected chi connectivity index (χ2v) is 7.71. The standard InChI is InChI=1S/C19H18IN7O/c1-26(2)18(28)12-6-8-14(9-7-12)22-19-21-11-16-17(23-19)27(25-24-16)15-5-3-4-13(20)10-15/h3-10H,11H2,1-2H3,(H2,21,22,23). The Morgan fingerprint density at radius 2 is 2.00 bits per heavy atom. The van der Waals surface area contributed by atoms with Crippen molar-refractivity contribution in [1.82, 2.24) is 19.9 Å². The zero-order valence-electron chi connectivity index (χ0n) is 15.3. The number of aliphatic imine (C=N–C) groups is 1. The fraction of sp³-hybridized carbons (Fsp3) is 0.158. The molecule has 0 unspecified atom stereocenters. The predicted octanol–water partition coefficient (Wildman–Crippen LogP) is 2.97. The molecule has 1 aromatic heterocycles. The van der Waals surface area contributed by atoms with Gasteiger partial charge in [-0.25, -0.2) is 4.99 Å². The summed E-state index contributed by atoms with van der Waals surface area (Å²) >= 11 is 2.27. The van der Waals surface area contributed by atoms with Crippen molar-refractivity contribution in [2.75, 3.05) is 24.7 Å². The lowest BCUT2D eigenvalue weighted by atomic mass is 10.2. The lowest BCUT2D eigenvalue weighted by Crippen LogP contribution is -2.27. The van der Waals surface area contributed by atoms with Crippen LogP contribution in [0.2, 0.25) is 0 Å². The van der Waals surface area contributed by atoms with Crippen LogP contribution < -0.4 is 10.6 Å². The molecule has 28 heavy (non-hydrogen) atoms. The maximum absolute atomic E-state index is 12.0. The number of amides is 1. The molecule has 142 valence electrons. The van der Waals surface area contributed by atoms with Crippen LogP contribution in [-0.2, 0) is 6.54 Å². The Hall–Kier alpha value is -2.95. The molecule has 3 aromatic rings. The number of halogens is 1. The summed E-state index contributed by atoms with van der Waals surface area (Å²) in [5.74, 6) is 1.36. The number of nitrogens with one attached hydrogen (secondary N) is 2. The van der Waals surface area contributed by atoms with E-state index in [1.165, 1.54) is 0 Å². The van der Waals surface area contributed by atoms with E-state index in [-0.39, 0.29) is 5.91 Å². The third kappa shape index (κ3) is 3.70. The molecule has 4 rings (SSSR count). The minimum atomic E-state index is -0.0307. The van der Waals surface area contributed by atoms with Crippen LogP contribution in [-0.4, -0.2) is 45.9 Å². The van der Waals surface area contributed by atoms with Gasteiger partial charge in [0.2, 0.25) is 5.96 Å². The van der Waals surface area contributed by atoms with Crippen LogP contribution in [0, 0.1) is 3.57 Å². The first kappa shape index (κ1) is 18.4. The largest absolute Gasteiger partial charge is 0.345 e. The molecule has 2 N–H and O–H groups in total. The summed E-state index contributed by atoms with van der Waals surface area (Å²) in [7, 11) is 3.47. The smallest absolute Gasteiger partial charge is 0.253 e. The zero-order valence-corrected chi connectivity index (χ0v) is 17.5. The van der Waals surface area contributed by atoms with Crippen molar-refractivity contribution < 1.29 is 4.79 Å². The Morgan fingerprint density at radius 1 is 1.21 bits per heavy atom. The summed E-state index contributed by atoms with van der Waals surface area (Å²) in [5, 5.41) is 15.0. The first-order chi connectivity index (χ1) is 13.5. The molecule has 0 atom stereocenters. The second-order valence-electron chi connectivity index (χ2n) is 6.47. The molecule has 0 saturated carbocycles. The molecule has 2 heterocycles. The van der Waals surface area contributed by atoms with Crippen molar-refractivity contribution in [2.45, 2.75) is 6.54 Å². The average molecular weight is 487 g/mol. The highest BCUT2D eigenvalue weighted by molar-refractivity contribution is 14.1. The van der Waals surface area contributed by atoms with E-state index in [4.69, 9.17) is 0 Å². The summed E-state index contributed by atoms with van der Waals surface area (Å²) in [6.07, 6.45) is 0. The number of anilines is 2. The molecular weight excluding hydrogens is 469 g/mol. The van der Waals surface area contributed by atoms with Gasteiger partial charge in [0.15, 0.2) is 5.82 Å². The minimum absolute atomic E-state index is 0.0307. The molecule has 1 amide bonds. The fourth-order valence-electron chi connectivity index (χ4n) is 2.80. The molecule has 9 heteroatoms. The van der Waals surface area contributed by atoms with Crippen molar-refractivity contribution in [1.29, 1.82) is 0 Å². The third-order valence-corrected chi connectivity index (χ3v) is 4.89. The molecule has 1 aliphatic heterocycles. The van der Waals surface area contributed by atoms with Gasteiger partial charge in [-0.3, -0.25) is 4.79 Å². The maximum Gasteiger partial charge on any atom is 0.253 e. The van der Waals surface area contributed by atoms with Gasteiger partial charge in [0.1, 0.15) is 5.69 Å². The van der Waals surface area contributed by atoms with Gasteiger partial charge in [-0.2, -0.15) is 4.68 Å². The molecule has 1 aliphatic rings. The fourth-order valence-corrected chi connectivity index (χ4v) is 3.33. The van der Waals surface area contributed by atoms with Gasteiger partial charge in [-0.15, -0.1) is 5.10 Å². The first-order valence-corrected chi connectivity index (χ1v) is 9.70. The maximum atomic E-state index is 12.0. The van der Waals surface area contributed by atoms with Crippen molar-refractivity contribution in [3.63, 3.8) is 0 Å². The highest BCUT2D eigenvalue weighted by atomic mass is 127. The summed E-state index contributed by atoms with van der Waals surface area (Å²) < 4.78 is 2.89. The molecule has 0 fully saturated rings. The monoisotopic (exact) mass is 487 g/mol. The summed E-state index contributed by atoms with van der Waals surface area (Å²) in [6.45, 7) is 0.436. The Balaban J connectivity index is 1.52. The van der Waals surface area contributed by atoms with Crippen molar-refractivity contribution in [3.05, 3.63) is 63.4 Å². The first-order valence-electron chi connectivity index (χ1n) is 8.62. The molecule has 8 nitrogen and oxygen atoms in total. The van der Waals surface area contributed by atoms with E-state index in [1.54, 1.807) is 35.8 Å². The van der Waals surface area contributed by atoms with Crippen LogP contribution >= 0.6 is 22.6 Å². The lowest BCUT2D eigenvalue weighted by Gasteiger charge is -2.18. The number of nitrogens with zero attached hydrogens (tertiary/aromatic N) is 5. The van der Waals surface area contributed by atoms with Crippen molar-refractivity contribution >= 4 is 46.0 Å². The van der Waals surface area contributed by atoms with Crippen LogP contribution in [0.3, 0.4) is 0 Å². The number of hydrogen-bond acceptors (Lipinski definition) is 6.